The smallest absolute Gasteiger partial charge is 0.254 e. The van der Waals surface area contributed by atoms with Crippen molar-refractivity contribution in [2.24, 2.45) is 0 Å². The summed E-state index contributed by atoms with van der Waals surface area (Å²) in [7, 11) is 1.80. The van der Waals surface area contributed by atoms with Gasteiger partial charge in [-0.1, -0.05) is 23.7 Å². The molecule has 1 aliphatic rings. The van der Waals surface area contributed by atoms with Crippen LogP contribution in [0.25, 0.3) is 5.57 Å². The fourth-order valence-electron chi connectivity index (χ4n) is 1.88. The molecule has 2 nitrogen and oxygen atoms in total. The Morgan fingerprint density at radius 1 is 1.47 bits per heavy atom. The number of benzene rings is 1. The summed E-state index contributed by atoms with van der Waals surface area (Å²) in [6.45, 7) is 2.51. The van der Waals surface area contributed by atoms with E-state index in [4.69, 9.17) is 11.6 Å². The normalized spacial score (nSPS) is 18.2. The van der Waals surface area contributed by atoms with Crippen molar-refractivity contribution < 1.29 is 4.79 Å². The second-order valence-electron chi connectivity index (χ2n) is 3.67. The number of carbonyl (C=O) groups excluding carboxylic acids is 1. The highest BCUT2D eigenvalue weighted by molar-refractivity contribution is 6.31. The van der Waals surface area contributed by atoms with E-state index >= 15 is 0 Å². The van der Waals surface area contributed by atoms with Gasteiger partial charge in [-0.2, -0.15) is 0 Å². The first-order chi connectivity index (χ1) is 7.13. The Morgan fingerprint density at radius 2 is 2.20 bits per heavy atom. The second-order valence-corrected chi connectivity index (χ2v) is 4.10. The summed E-state index contributed by atoms with van der Waals surface area (Å²) < 4.78 is 0. The van der Waals surface area contributed by atoms with Crippen molar-refractivity contribution in [2.75, 3.05) is 7.05 Å². The number of hydrogen-bond donors (Lipinski definition) is 0. The molecule has 15 heavy (non-hydrogen) atoms. The molecule has 0 unspecified atom stereocenters. The molecule has 78 valence electrons. The lowest BCUT2D eigenvalue weighted by atomic mass is 9.94. The van der Waals surface area contributed by atoms with Crippen LogP contribution in [0.4, 0.5) is 0 Å². The van der Waals surface area contributed by atoms with E-state index in [-0.39, 0.29) is 5.91 Å². The molecule has 0 bridgehead atoms. The molecule has 1 aromatic carbocycles. The molecule has 1 aliphatic heterocycles. The molecule has 0 aromatic heterocycles. The van der Waals surface area contributed by atoms with Crippen molar-refractivity contribution in [2.45, 2.75) is 13.5 Å². The molecule has 1 aromatic rings. The van der Waals surface area contributed by atoms with Crippen LogP contribution in [-0.2, 0) is 11.3 Å². The minimum Gasteiger partial charge on any atom is -0.337 e. The number of hydrogen-bond acceptors (Lipinski definition) is 1. The summed E-state index contributed by atoms with van der Waals surface area (Å²) in [4.78, 5) is 13.5. The van der Waals surface area contributed by atoms with Gasteiger partial charge in [0.2, 0.25) is 0 Å². The van der Waals surface area contributed by atoms with Gasteiger partial charge in [-0.15, -0.1) is 0 Å². The maximum atomic E-state index is 11.8. The number of carbonyl (C=O) groups is 1. The van der Waals surface area contributed by atoms with Gasteiger partial charge in [0, 0.05) is 24.2 Å². The zero-order chi connectivity index (χ0) is 11.0. The third-order valence-electron chi connectivity index (χ3n) is 2.63. The number of nitrogens with zero attached hydrogens (tertiary/aromatic N) is 1. The van der Waals surface area contributed by atoms with Crippen LogP contribution in [-0.4, -0.2) is 17.9 Å². The Bertz CT molecular complexity index is 451. The highest BCUT2D eigenvalue weighted by Crippen LogP contribution is 2.29. The predicted octanol–water partition coefficient (Wildman–Crippen LogP) is 2.72. The van der Waals surface area contributed by atoms with E-state index in [1.165, 1.54) is 0 Å². The lowest BCUT2D eigenvalue weighted by Crippen LogP contribution is -2.31. The Hall–Kier alpha value is -1.28. The quantitative estimate of drug-likeness (QED) is 0.617. The number of likely N-dealkylation sites (N-methyl/N-ethyl adjacent to an activating group) is 1. The molecule has 0 aliphatic carbocycles. The van der Waals surface area contributed by atoms with Crippen molar-refractivity contribution in [3.63, 3.8) is 0 Å². The zero-order valence-electron chi connectivity index (χ0n) is 8.75. The molecule has 0 N–H and O–H groups in total. The van der Waals surface area contributed by atoms with E-state index < -0.39 is 0 Å². The third-order valence-corrected chi connectivity index (χ3v) is 2.87. The zero-order valence-corrected chi connectivity index (χ0v) is 9.51. The standard InChI is InChI=1S/C12H12ClNO/c1-3-10-11-5-4-9(13)6-8(11)7-14(2)12(10)15/h3-6H,7H2,1-2H3/b10-3-. The summed E-state index contributed by atoms with van der Waals surface area (Å²) >= 11 is 5.93. The van der Waals surface area contributed by atoms with E-state index in [1.54, 1.807) is 11.9 Å². The van der Waals surface area contributed by atoms with E-state index in [0.717, 1.165) is 16.7 Å². The van der Waals surface area contributed by atoms with Crippen LogP contribution in [0.1, 0.15) is 18.1 Å². The first-order valence-electron chi connectivity index (χ1n) is 4.84. The lowest BCUT2D eigenvalue weighted by molar-refractivity contribution is -0.124. The van der Waals surface area contributed by atoms with Crippen LogP contribution < -0.4 is 0 Å². The van der Waals surface area contributed by atoms with Gasteiger partial charge in [0.25, 0.3) is 5.91 Å². The van der Waals surface area contributed by atoms with Gasteiger partial charge in [0.1, 0.15) is 0 Å². The highest BCUT2D eigenvalue weighted by atomic mass is 35.5. The van der Waals surface area contributed by atoms with Crippen molar-refractivity contribution in [1.82, 2.24) is 4.90 Å². The Balaban J connectivity index is 2.60. The SMILES string of the molecule is C/C=C1\C(=O)N(C)Cc2cc(Cl)ccc21. The van der Waals surface area contributed by atoms with E-state index in [1.807, 2.05) is 31.2 Å². The molecule has 1 amide bonds. The molecule has 2 rings (SSSR count). The summed E-state index contributed by atoms with van der Waals surface area (Å²) in [5.74, 6) is 0.0762. The molecular formula is C12H12ClNO. The number of fused-ring (bicyclic) bond motifs is 1. The largest absolute Gasteiger partial charge is 0.337 e. The van der Waals surface area contributed by atoms with E-state index in [9.17, 15) is 4.79 Å². The Morgan fingerprint density at radius 3 is 2.87 bits per heavy atom. The fraction of sp³-hybridized carbons (Fsp3) is 0.250. The van der Waals surface area contributed by atoms with Gasteiger partial charge < -0.3 is 4.90 Å². The lowest BCUT2D eigenvalue weighted by Gasteiger charge is -2.27. The molecule has 0 spiro atoms. The third kappa shape index (κ3) is 1.65. The van der Waals surface area contributed by atoms with Gasteiger partial charge in [-0.25, -0.2) is 0 Å². The van der Waals surface area contributed by atoms with Gasteiger partial charge in [0.05, 0.1) is 0 Å². The van der Waals surface area contributed by atoms with Crippen LogP contribution in [0, 0.1) is 0 Å². The summed E-state index contributed by atoms with van der Waals surface area (Å²) in [6, 6.07) is 5.66. The average Bonchev–Trinajstić information content (AvgIpc) is 2.20. The minimum absolute atomic E-state index is 0.0762. The molecule has 1 heterocycles. The predicted molar refractivity (Wildman–Crippen MR) is 61.6 cm³/mol. The van der Waals surface area contributed by atoms with Crippen molar-refractivity contribution in [3.05, 3.63) is 40.4 Å². The molecule has 0 saturated carbocycles. The first-order valence-corrected chi connectivity index (χ1v) is 5.22. The molecular weight excluding hydrogens is 210 g/mol. The second kappa shape index (κ2) is 3.70. The molecule has 0 saturated heterocycles. The van der Waals surface area contributed by atoms with Gasteiger partial charge >= 0.3 is 0 Å². The number of rotatable bonds is 0. The van der Waals surface area contributed by atoms with Gasteiger partial charge in [-0.3, -0.25) is 4.79 Å². The van der Waals surface area contributed by atoms with E-state index in [2.05, 4.69) is 0 Å². The van der Waals surface area contributed by atoms with Crippen LogP contribution in [0.15, 0.2) is 24.3 Å². The monoisotopic (exact) mass is 221 g/mol. The number of halogens is 1. The number of amides is 1. The molecule has 3 heteroatoms. The Labute approximate surface area is 94.2 Å². The Kier molecular flexibility index (Phi) is 2.53. The summed E-state index contributed by atoms with van der Waals surface area (Å²) in [6.07, 6.45) is 1.85. The fourth-order valence-corrected chi connectivity index (χ4v) is 2.08. The van der Waals surface area contributed by atoms with Crippen molar-refractivity contribution in [1.29, 1.82) is 0 Å². The maximum Gasteiger partial charge on any atom is 0.254 e. The van der Waals surface area contributed by atoms with Crippen molar-refractivity contribution in [3.8, 4) is 0 Å². The average molecular weight is 222 g/mol. The minimum atomic E-state index is 0.0762. The van der Waals surface area contributed by atoms with Gasteiger partial charge in [0.15, 0.2) is 0 Å². The number of allylic oxidation sites excluding steroid dienone is 1. The highest BCUT2D eigenvalue weighted by Gasteiger charge is 2.24. The molecule has 0 atom stereocenters. The summed E-state index contributed by atoms with van der Waals surface area (Å²) in [5.41, 5.74) is 2.87. The van der Waals surface area contributed by atoms with Crippen LogP contribution in [0.3, 0.4) is 0 Å². The molecule has 0 radical (unpaired) electrons. The van der Waals surface area contributed by atoms with Crippen LogP contribution in [0.2, 0.25) is 5.02 Å². The van der Waals surface area contributed by atoms with Crippen molar-refractivity contribution >= 4 is 23.1 Å². The van der Waals surface area contributed by atoms with Crippen LogP contribution >= 0.6 is 11.6 Å². The van der Waals surface area contributed by atoms with Gasteiger partial charge in [-0.05, 0) is 30.2 Å². The first kappa shape index (κ1) is 10.2. The van der Waals surface area contributed by atoms with Crippen LogP contribution in [0.5, 0.6) is 0 Å². The van der Waals surface area contributed by atoms with E-state index in [0.29, 0.717) is 11.6 Å². The maximum absolute atomic E-state index is 11.8. The molecule has 0 fully saturated rings. The topological polar surface area (TPSA) is 20.3 Å². The summed E-state index contributed by atoms with van der Waals surface area (Å²) in [5, 5.41) is 0.715.